The molecule has 0 spiro atoms. The molecular weight excluding hydrogens is 454 g/mol. The number of carbonyl (C=O) groups is 1. The number of fused-ring (bicyclic) bond motifs is 1. The summed E-state index contributed by atoms with van der Waals surface area (Å²) in [6, 6.07) is 2.28. The summed E-state index contributed by atoms with van der Waals surface area (Å²) in [5.74, 6) is 2.54. The number of carbonyl (C=O) groups excluding carboxylic acids is 1. The predicted octanol–water partition coefficient (Wildman–Crippen LogP) is 9.21. The van der Waals surface area contributed by atoms with Crippen molar-refractivity contribution in [3.05, 3.63) is 42.0 Å². The molecule has 0 aliphatic heterocycles. The van der Waals surface area contributed by atoms with Gasteiger partial charge >= 0.3 is 5.97 Å². The van der Waals surface area contributed by atoms with Crippen LogP contribution in [0.2, 0.25) is 0 Å². The van der Waals surface area contributed by atoms with E-state index in [2.05, 4.69) is 13.5 Å². The van der Waals surface area contributed by atoms with E-state index in [1.54, 1.807) is 6.08 Å². The summed E-state index contributed by atoms with van der Waals surface area (Å²) in [5.41, 5.74) is 0.0231. The van der Waals surface area contributed by atoms with Gasteiger partial charge in [-0.15, -0.1) is 6.58 Å². The van der Waals surface area contributed by atoms with Crippen LogP contribution in [0, 0.1) is 47.1 Å². The van der Waals surface area contributed by atoms with Gasteiger partial charge in [-0.05, 0) is 100 Å². The number of hydrogen-bond donors (Lipinski definition) is 0. The Balaban J connectivity index is 1.22. The van der Waals surface area contributed by atoms with Crippen molar-refractivity contribution in [2.24, 2.45) is 35.5 Å². The maximum absolute atomic E-state index is 14.3. The highest BCUT2D eigenvalue weighted by Crippen LogP contribution is 2.49. The Morgan fingerprint density at radius 1 is 0.917 bits per heavy atom. The van der Waals surface area contributed by atoms with Crippen molar-refractivity contribution >= 4 is 5.97 Å². The van der Waals surface area contributed by atoms with E-state index >= 15 is 0 Å². The summed E-state index contributed by atoms with van der Waals surface area (Å²) in [7, 11) is 0. The van der Waals surface area contributed by atoms with E-state index in [0.717, 1.165) is 67.4 Å². The fraction of sp³-hybridized carbons (Fsp3) is 0.719. The molecule has 0 N–H and O–H groups in total. The Labute approximate surface area is 217 Å². The molecular formula is C32H46F2O2. The third-order valence-electron chi connectivity index (χ3n) is 9.68. The van der Waals surface area contributed by atoms with Crippen LogP contribution in [0.1, 0.15) is 109 Å². The minimum absolute atomic E-state index is 0.0231. The van der Waals surface area contributed by atoms with Crippen LogP contribution >= 0.6 is 0 Å². The van der Waals surface area contributed by atoms with Crippen LogP contribution in [0.15, 0.2) is 24.8 Å². The molecule has 1 aromatic carbocycles. The lowest BCUT2D eigenvalue weighted by atomic mass is 9.60. The molecule has 0 saturated heterocycles. The smallest absolute Gasteiger partial charge is 0.314 e. The van der Waals surface area contributed by atoms with Gasteiger partial charge in [0.15, 0.2) is 0 Å². The maximum atomic E-state index is 14.3. The average molecular weight is 501 g/mol. The first kappa shape index (κ1) is 27.3. The number of ether oxygens (including phenoxy) is 1. The summed E-state index contributed by atoms with van der Waals surface area (Å²) in [5, 5.41) is 0. The van der Waals surface area contributed by atoms with Crippen molar-refractivity contribution in [2.45, 2.75) is 110 Å². The lowest BCUT2D eigenvalue weighted by Gasteiger charge is -2.45. The van der Waals surface area contributed by atoms with Gasteiger partial charge in [-0.1, -0.05) is 45.1 Å². The highest BCUT2D eigenvalue weighted by Gasteiger charge is 2.39. The fourth-order valence-electron chi connectivity index (χ4n) is 7.55. The van der Waals surface area contributed by atoms with E-state index < -0.39 is 11.6 Å². The van der Waals surface area contributed by atoms with Crippen molar-refractivity contribution in [1.29, 1.82) is 0 Å². The largest absolute Gasteiger partial charge is 0.426 e. The van der Waals surface area contributed by atoms with Crippen LogP contribution in [0.5, 0.6) is 5.75 Å². The minimum Gasteiger partial charge on any atom is -0.426 e. The molecule has 1 aromatic rings. The Morgan fingerprint density at radius 3 is 2.19 bits per heavy atom. The Bertz CT molecular complexity index is 850. The van der Waals surface area contributed by atoms with Crippen LogP contribution in [0.25, 0.3) is 0 Å². The zero-order valence-electron chi connectivity index (χ0n) is 22.3. The molecule has 3 aliphatic carbocycles. The summed E-state index contributed by atoms with van der Waals surface area (Å²) >= 11 is 0. The number of esters is 1. The number of allylic oxidation sites excluding steroid dienone is 1. The van der Waals surface area contributed by atoms with Crippen LogP contribution in [0.4, 0.5) is 8.78 Å². The van der Waals surface area contributed by atoms with Gasteiger partial charge in [0.25, 0.3) is 0 Å². The quantitative estimate of drug-likeness (QED) is 0.138. The molecule has 0 heterocycles. The zero-order chi connectivity index (χ0) is 25.5. The Morgan fingerprint density at radius 2 is 1.53 bits per heavy atom. The molecule has 3 fully saturated rings. The molecule has 0 bridgehead atoms. The van der Waals surface area contributed by atoms with Crippen molar-refractivity contribution in [2.75, 3.05) is 0 Å². The highest BCUT2D eigenvalue weighted by atomic mass is 19.1. The SMILES string of the molecule is C=CCCc1c(F)cc(OC(=O)C2CCC(C3CCC4CC(CCCCC)CCC4C3)CC2)cc1F. The zero-order valence-corrected chi connectivity index (χ0v) is 22.3. The second-order valence-corrected chi connectivity index (χ2v) is 12.0. The third kappa shape index (κ3) is 6.98. The van der Waals surface area contributed by atoms with Crippen molar-refractivity contribution in [3.8, 4) is 5.75 Å². The van der Waals surface area contributed by atoms with Crippen LogP contribution in [-0.4, -0.2) is 5.97 Å². The standard InChI is InChI=1S/C32H46F2O2/c1-3-5-7-8-22-10-11-27-19-26(17-16-25(27)18-22)23-12-14-24(15-13-23)32(35)36-28-20-30(33)29(9-6-4-2)31(34)21-28/h4,20-27H,2-3,5-19H2,1H3. The first-order valence-corrected chi connectivity index (χ1v) is 14.8. The van der Waals surface area contributed by atoms with Crippen LogP contribution < -0.4 is 4.74 Å². The second kappa shape index (κ2) is 13.2. The van der Waals surface area contributed by atoms with Gasteiger partial charge in [-0.25, -0.2) is 8.78 Å². The number of benzene rings is 1. The molecule has 4 heteroatoms. The Hall–Kier alpha value is -1.71. The lowest BCUT2D eigenvalue weighted by Crippen LogP contribution is -2.35. The highest BCUT2D eigenvalue weighted by molar-refractivity contribution is 5.75. The van der Waals surface area contributed by atoms with E-state index in [1.165, 1.54) is 64.2 Å². The first-order chi connectivity index (χ1) is 17.5. The third-order valence-corrected chi connectivity index (χ3v) is 9.68. The topological polar surface area (TPSA) is 26.3 Å². The number of hydrogen-bond acceptors (Lipinski definition) is 2. The number of unbranched alkanes of at least 4 members (excludes halogenated alkanes) is 2. The van der Waals surface area contributed by atoms with E-state index in [4.69, 9.17) is 4.74 Å². The molecule has 0 radical (unpaired) electrons. The molecule has 36 heavy (non-hydrogen) atoms. The van der Waals surface area contributed by atoms with E-state index in [0.29, 0.717) is 6.42 Å². The van der Waals surface area contributed by atoms with Gasteiger partial charge in [0.05, 0.1) is 5.92 Å². The summed E-state index contributed by atoms with van der Waals surface area (Å²) < 4.78 is 34.1. The Kier molecular flexibility index (Phi) is 10.0. The molecule has 200 valence electrons. The summed E-state index contributed by atoms with van der Waals surface area (Å²) in [6.45, 7) is 5.89. The summed E-state index contributed by atoms with van der Waals surface area (Å²) in [4.78, 5) is 12.8. The maximum Gasteiger partial charge on any atom is 0.314 e. The van der Waals surface area contributed by atoms with Crippen LogP contribution in [-0.2, 0) is 11.2 Å². The molecule has 2 nitrogen and oxygen atoms in total. The molecule has 3 saturated carbocycles. The summed E-state index contributed by atoms with van der Waals surface area (Å²) in [6.07, 6.45) is 20.2. The monoisotopic (exact) mass is 500 g/mol. The predicted molar refractivity (Wildman–Crippen MR) is 142 cm³/mol. The molecule has 0 amide bonds. The molecule has 0 aromatic heterocycles. The van der Waals surface area contributed by atoms with E-state index in [1.807, 2.05) is 0 Å². The first-order valence-electron chi connectivity index (χ1n) is 14.8. The average Bonchev–Trinajstić information content (AvgIpc) is 2.88. The lowest BCUT2D eigenvalue weighted by molar-refractivity contribution is -0.140. The van der Waals surface area contributed by atoms with Crippen molar-refractivity contribution in [1.82, 2.24) is 0 Å². The van der Waals surface area contributed by atoms with Crippen molar-refractivity contribution < 1.29 is 18.3 Å². The molecule has 4 rings (SSSR count). The van der Waals surface area contributed by atoms with Gasteiger partial charge in [-0.3, -0.25) is 4.79 Å². The van der Waals surface area contributed by atoms with Gasteiger partial charge in [-0.2, -0.15) is 0 Å². The molecule has 4 atom stereocenters. The van der Waals surface area contributed by atoms with E-state index in [9.17, 15) is 13.6 Å². The van der Waals surface area contributed by atoms with Gasteiger partial charge in [0.1, 0.15) is 17.4 Å². The second-order valence-electron chi connectivity index (χ2n) is 12.0. The van der Waals surface area contributed by atoms with E-state index in [-0.39, 0.29) is 29.6 Å². The fourth-order valence-corrected chi connectivity index (χ4v) is 7.55. The molecule has 4 unspecified atom stereocenters. The normalized spacial score (nSPS) is 30.4. The number of rotatable bonds is 10. The minimum atomic E-state index is -0.658. The van der Waals surface area contributed by atoms with Crippen LogP contribution in [0.3, 0.4) is 0 Å². The molecule has 3 aliphatic rings. The van der Waals surface area contributed by atoms with Gasteiger partial charge < -0.3 is 4.74 Å². The van der Waals surface area contributed by atoms with Gasteiger partial charge in [0.2, 0.25) is 0 Å². The van der Waals surface area contributed by atoms with Crippen molar-refractivity contribution in [3.63, 3.8) is 0 Å². The number of halogens is 2. The van der Waals surface area contributed by atoms with Gasteiger partial charge in [0, 0.05) is 17.7 Å².